The molecule has 5 nitrogen and oxygen atoms in total. The van der Waals surface area contributed by atoms with Gasteiger partial charge >= 0.3 is 0 Å². The molecule has 0 spiro atoms. The van der Waals surface area contributed by atoms with E-state index in [4.69, 9.17) is 0 Å². The minimum absolute atomic E-state index is 0.158. The zero-order chi connectivity index (χ0) is 13.4. The first-order valence-corrected chi connectivity index (χ1v) is 6.71. The molecule has 3 rings (SSSR count). The van der Waals surface area contributed by atoms with E-state index in [9.17, 15) is 4.79 Å². The number of nitrogens with one attached hydrogen (secondary N) is 1. The van der Waals surface area contributed by atoms with Gasteiger partial charge in [0.2, 0.25) is 0 Å². The maximum absolute atomic E-state index is 11.8. The molecule has 0 aliphatic carbocycles. The number of hydrogen-bond acceptors (Lipinski definition) is 4. The van der Waals surface area contributed by atoms with Gasteiger partial charge < -0.3 is 4.98 Å². The third-order valence-corrected chi connectivity index (χ3v) is 3.71. The van der Waals surface area contributed by atoms with Crippen molar-refractivity contribution in [2.45, 2.75) is 6.92 Å². The summed E-state index contributed by atoms with van der Waals surface area (Å²) in [6.45, 7) is 2.00. The minimum atomic E-state index is -0.158. The Labute approximate surface area is 113 Å². The van der Waals surface area contributed by atoms with Gasteiger partial charge in [0.1, 0.15) is 5.82 Å². The fourth-order valence-electron chi connectivity index (χ4n) is 1.89. The van der Waals surface area contributed by atoms with Crippen LogP contribution in [0, 0.1) is 6.92 Å². The van der Waals surface area contributed by atoms with Crippen LogP contribution in [0.3, 0.4) is 0 Å². The molecule has 0 aliphatic rings. The zero-order valence-corrected chi connectivity index (χ0v) is 11.4. The number of nitrogens with zero attached hydrogens (tertiary/aromatic N) is 3. The Morgan fingerprint density at radius 1 is 1.37 bits per heavy atom. The number of aryl methyl sites for hydroxylation is 2. The second kappa shape index (κ2) is 4.47. The molecule has 3 aromatic heterocycles. The van der Waals surface area contributed by atoms with Crippen molar-refractivity contribution in [1.29, 1.82) is 0 Å². The highest BCUT2D eigenvalue weighted by molar-refractivity contribution is 7.08. The van der Waals surface area contributed by atoms with Gasteiger partial charge in [-0.2, -0.15) is 16.4 Å². The van der Waals surface area contributed by atoms with Crippen LogP contribution in [-0.2, 0) is 7.05 Å². The molecule has 0 radical (unpaired) electrons. The molecule has 0 aliphatic heterocycles. The summed E-state index contributed by atoms with van der Waals surface area (Å²) >= 11 is 1.59. The van der Waals surface area contributed by atoms with E-state index < -0.39 is 0 Å². The van der Waals surface area contributed by atoms with Crippen LogP contribution in [0.15, 0.2) is 34.0 Å². The largest absolute Gasteiger partial charge is 0.306 e. The highest BCUT2D eigenvalue weighted by Crippen LogP contribution is 2.24. The molecule has 0 fully saturated rings. The molecule has 0 bridgehead atoms. The van der Waals surface area contributed by atoms with Gasteiger partial charge in [-0.05, 0) is 17.9 Å². The van der Waals surface area contributed by atoms with Crippen molar-refractivity contribution < 1.29 is 0 Å². The van der Waals surface area contributed by atoms with Crippen molar-refractivity contribution >= 4 is 11.3 Å². The third kappa shape index (κ3) is 2.22. The predicted molar refractivity (Wildman–Crippen MR) is 75.1 cm³/mol. The van der Waals surface area contributed by atoms with Gasteiger partial charge in [0, 0.05) is 35.8 Å². The lowest BCUT2D eigenvalue weighted by molar-refractivity contribution is 0.768. The molecule has 0 atom stereocenters. The minimum Gasteiger partial charge on any atom is -0.306 e. The molecule has 3 heterocycles. The Balaban J connectivity index is 2.16. The van der Waals surface area contributed by atoms with E-state index in [1.54, 1.807) is 22.2 Å². The molecule has 0 amide bonds. The quantitative estimate of drug-likeness (QED) is 0.778. The Bertz CT molecular complexity index is 784. The van der Waals surface area contributed by atoms with Crippen LogP contribution < -0.4 is 5.56 Å². The Kier molecular flexibility index (Phi) is 2.79. The number of H-pyrrole nitrogens is 1. The number of thiophene rings is 1. The summed E-state index contributed by atoms with van der Waals surface area (Å²) in [6, 6.07) is 1.49. The van der Waals surface area contributed by atoms with Gasteiger partial charge in [-0.3, -0.25) is 9.48 Å². The van der Waals surface area contributed by atoms with E-state index in [1.807, 2.05) is 30.9 Å². The average molecular weight is 272 g/mol. The molecule has 3 aromatic rings. The molecule has 0 unspecified atom stereocenters. The first-order valence-electron chi connectivity index (χ1n) is 5.77. The average Bonchev–Trinajstić information content (AvgIpc) is 2.97. The Hall–Kier alpha value is -2.21. The van der Waals surface area contributed by atoms with E-state index in [-0.39, 0.29) is 5.56 Å². The third-order valence-electron chi connectivity index (χ3n) is 2.85. The summed E-state index contributed by atoms with van der Waals surface area (Å²) in [4.78, 5) is 19.1. The van der Waals surface area contributed by atoms with Crippen molar-refractivity contribution in [2.75, 3.05) is 0 Å². The Morgan fingerprint density at radius 2 is 2.21 bits per heavy atom. The van der Waals surface area contributed by atoms with E-state index in [1.165, 1.54) is 6.07 Å². The van der Waals surface area contributed by atoms with E-state index in [2.05, 4.69) is 15.1 Å². The topological polar surface area (TPSA) is 63.6 Å². The van der Waals surface area contributed by atoms with Crippen LogP contribution in [-0.4, -0.2) is 19.7 Å². The summed E-state index contributed by atoms with van der Waals surface area (Å²) < 4.78 is 1.69. The number of rotatable bonds is 2. The standard InChI is InChI=1S/C13H12N4OS/c1-8-6-19-7-10(8)13-15-11(3-12(18)16-13)9-4-14-17(2)5-9/h3-7H,1-2H3,(H,15,16,18). The molecule has 19 heavy (non-hydrogen) atoms. The SMILES string of the molecule is Cc1cscc1-c1nc(-c2cnn(C)c2)cc(=O)[nH]1. The maximum Gasteiger partial charge on any atom is 0.251 e. The highest BCUT2D eigenvalue weighted by atomic mass is 32.1. The normalized spacial score (nSPS) is 10.8. The van der Waals surface area contributed by atoms with Crippen molar-refractivity contribution in [1.82, 2.24) is 19.7 Å². The van der Waals surface area contributed by atoms with Gasteiger partial charge in [-0.15, -0.1) is 0 Å². The highest BCUT2D eigenvalue weighted by Gasteiger charge is 2.09. The number of aromatic amines is 1. The van der Waals surface area contributed by atoms with Crippen molar-refractivity contribution in [3.8, 4) is 22.6 Å². The first kappa shape index (κ1) is 11.9. The fourth-order valence-corrected chi connectivity index (χ4v) is 2.72. The molecule has 0 saturated heterocycles. The fraction of sp³-hybridized carbons (Fsp3) is 0.154. The summed E-state index contributed by atoms with van der Waals surface area (Å²) in [5, 5.41) is 8.12. The summed E-state index contributed by atoms with van der Waals surface area (Å²) in [5.41, 5.74) is 3.39. The molecule has 1 N–H and O–H groups in total. The van der Waals surface area contributed by atoms with Crippen LogP contribution >= 0.6 is 11.3 Å². The van der Waals surface area contributed by atoms with Gasteiger partial charge in [-0.1, -0.05) is 0 Å². The van der Waals surface area contributed by atoms with Gasteiger partial charge in [0.05, 0.1) is 11.9 Å². The molecule has 96 valence electrons. The number of aromatic nitrogens is 4. The second-order valence-electron chi connectivity index (χ2n) is 4.35. The van der Waals surface area contributed by atoms with E-state index in [0.29, 0.717) is 11.5 Å². The molecule has 6 heteroatoms. The van der Waals surface area contributed by atoms with Crippen molar-refractivity contribution in [3.05, 3.63) is 45.1 Å². The lowest BCUT2D eigenvalue weighted by Crippen LogP contribution is -2.08. The smallest absolute Gasteiger partial charge is 0.251 e. The first-order chi connectivity index (χ1) is 9.13. The number of hydrogen-bond donors (Lipinski definition) is 1. The van der Waals surface area contributed by atoms with E-state index >= 15 is 0 Å². The summed E-state index contributed by atoms with van der Waals surface area (Å²) in [5.74, 6) is 0.602. The van der Waals surface area contributed by atoms with Gasteiger partial charge in [0.25, 0.3) is 5.56 Å². The predicted octanol–water partition coefficient (Wildman–Crippen LogP) is 2.21. The van der Waals surface area contributed by atoms with Gasteiger partial charge in [-0.25, -0.2) is 4.98 Å². The van der Waals surface area contributed by atoms with Gasteiger partial charge in [0.15, 0.2) is 0 Å². The van der Waals surface area contributed by atoms with Crippen LogP contribution in [0.2, 0.25) is 0 Å². The van der Waals surface area contributed by atoms with Crippen LogP contribution in [0.4, 0.5) is 0 Å². The molecule has 0 aromatic carbocycles. The zero-order valence-electron chi connectivity index (χ0n) is 10.5. The molecular weight excluding hydrogens is 260 g/mol. The van der Waals surface area contributed by atoms with Crippen LogP contribution in [0.25, 0.3) is 22.6 Å². The second-order valence-corrected chi connectivity index (χ2v) is 5.09. The molecule has 0 saturated carbocycles. The molecular formula is C13H12N4OS. The lowest BCUT2D eigenvalue weighted by Gasteiger charge is -2.02. The van der Waals surface area contributed by atoms with E-state index in [0.717, 1.165) is 16.7 Å². The maximum atomic E-state index is 11.8. The summed E-state index contributed by atoms with van der Waals surface area (Å²) in [7, 11) is 1.83. The van der Waals surface area contributed by atoms with Crippen LogP contribution in [0.5, 0.6) is 0 Å². The monoisotopic (exact) mass is 272 g/mol. The lowest BCUT2D eigenvalue weighted by atomic mass is 10.2. The summed E-state index contributed by atoms with van der Waals surface area (Å²) in [6.07, 6.45) is 3.54. The Morgan fingerprint density at radius 3 is 2.84 bits per heavy atom. The van der Waals surface area contributed by atoms with Crippen molar-refractivity contribution in [3.63, 3.8) is 0 Å². The van der Waals surface area contributed by atoms with Crippen LogP contribution in [0.1, 0.15) is 5.56 Å². The van der Waals surface area contributed by atoms with Crippen molar-refractivity contribution in [2.24, 2.45) is 7.05 Å².